The Morgan fingerprint density at radius 3 is 2.63 bits per heavy atom. The molecule has 7 nitrogen and oxygen atoms in total. The van der Waals surface area contributed by atoms with Gasteiger partial charge in [0.05, 0.1) is 31.1 Å². The summed E-state index contributed by atoms with van der Waals surface area (Å²) >= 11 is 0. The Balaban J connectivity index is 1.58. The molecule has 1 amide bonds. The zero-order valence-corrected chi connectivity index (χ0v) is 16.6. The quantitative estimate of drug-likeness (QED) is 0.550. The molecule has 0 spiro atoms. The Hall–Kier alpha value is -3.29. The molecule has 3 heterocycles. The van der Waals surface area contributed by atoms with E-state index in [1.54, 1.807) is 17.3 Å². The molecule has 0 unspecified atom stereocenters. The number of nitrogens with one attached hydrogen (secondary N) is 1. The van der Waals surface area contributed by atoms with Gasteiger partial charge in [-0.2, -0.15) is 0 Å². The van der Waals surface area contributed by atoms with Crippen molar-refractivity contribution in [2.45, 2.75) is 19.3 Å². The van der Waals surface area contributed by atoms with Gasteiger partial charge in [0, 0.05) is 30.9 Å². The molecule has 0 radical (unpaired) electrons. The third kappa shape index (κ3) is 5.00. The summed E-state index contributed by atoms with van der Waals surface area (Å²) in [4.78, 5) is 22.5. The Bertz CT molecular complexity index is 947. The lowest BCUT2D eigenvalue weighted by atomic mass is 10.1. The van der Waals surface area contributed by atoms with E-state index < -0.39 is 0 Å². The molecule has 0 aliphatic carbocycles. The van der Waals surface area contributed by atoms with Crippen molar-refractivity contribution in [1.82, 2.24) is 9.97 Å². The van der Waals surface area contributed by atoms with Gasteiger partial charge in [0.25, 0.3) is 0 Å². The van der Waals surface area contributed by atoms with Crippen LogP contribution in [0.2, 0.25) is 0 Å². The van der Waals surface area contributed by atoms with Gasteiger partial charge in [0.15, 0.2) is 12.1 Å². The molecule has 0 saturated carbocycles. The second kappa shape index (κ2) is 9.96. The van der Waals surface area contributed by atoms with Gasteiger partial charge < -0.3 is 19.7 Å². The lowest BCUT2D eigenvalue weighted by Gasteiger charge is -2.22. The Labute approximate surface area is 175 Å². The van der Waals surface area contributed by atoms with Crippen molar-refractivity contribution in [2.75, 3.05) is 30.0 Å². The molecule has 0 bridgehead atoms. The van der Waals surface area contributed by atoms with Crippen LogP contribution in [-0.4, -0.2) is 42.4 Å². The van der Waals surface area contributed by atoms with Crippen LogP contribution in [0.1, 0.15) is 12.0 Å². The monoisotopic (exact) mass is 404 g/mol. The number of hydrogen-bond acceptors (Lipinski definition) is 6. The summed E-state index contributed by atoms with van der Waals surface area (Å²) in [5, 5.41) is 3.36. The smallest absolute Gasteiger partial charge is 0.214 e. The first-order valence-corrected chi connectivity index (χ1v) is 9.98. The highest BCUT2D eigenvalue weighted by Gasteiger charge is 2.17. The normalized spacial score (nSPS) is 13.9. The number of amides is 1. The van der Waals surface area contributed by atoms with E-state index in [1.165, 1.54) is 0 Å². The van der Waals surface area contributed by atoms with Crippen molar-refractivity contribution >= 4 is 17.9 Å². The maximum Gasteiger partial charge on any atom is 0.214 e. The number of ether oxygens (including phenoxy) is 2. The van der Waals surface area contributed by atoms with Gasteiger partial charge in [-0.05, 0) is 23.8 Å². The fraction of sp³-hybridized carbons (Fsp3) is 0.261. The molecule has 1 fully saturated rings. The number of pyridine rings is 2. The third-order valence-corrected chi connectivity index (χ3v) is 4.82. The number of hydrogen-bond donors (Lipinski definition) is 1. The van der Waals surface area contributed by atoms with Gasteiger partial charge in [-0.15, -0.1) is 0 Å². The van der Waals surface area contributed by atoms with Gasteiger partial charge in [0.2, 0.25) is 6.41 Å². The van der Waals surface area contributed by atoms with Crippen molar-refractivity contribution in [3.63, 3.8) is 0 Å². The number of nitrogens with zero attached hydrogens (tertiary/aromatic N) is 3. The van der Waals surface area contributed by atoms with Crippen molar-refractivity contribution in [2.24, 2.45) is 0 Å². The lowest BCUT2D eigenvalue weighted by Crippen LogP contribution is -2.23. The molecule has 30 heavy (non-hydrogen) atoms. The second-order valence-electron chi connectivity index (χ2n) is 6.91. The summed E-state index contributed by atoms with van der Waals surface area (Å²) in [6, 6.07) is 17.6. The van der Waals surface area contributed by atoms with E-state index in [2.05, 4.69) is 10.3 Å². The van der Waals surface area contributed by atoms with E-state index >= 15 is 0 Å². The number of carbonyl (C=O) groups is 1. The van der Waals surface area contributed by atoms with Crippen LogP contribution in [-0.2, 0) is 20.8 Å². The minimum Gasteiger partial charge on any atom is -0.368 e. The molecular formula is C23H24N4O3. The topological polar surface area (TPSA) is 76.6 Å². The van der Waals surface area contributed by atoms with Crippen LogP contribution in [0, 0.1) is 0 Å². The summed E-state index contributed by atoms with van der Waals surface area (Å²) in [6.07, 6.45) is 4.78. The van der Waals surface area contributed by atoms with Crippen molar-refractivity contribution < 1.29 is 14.3 Å². The van der Waals surface area contributed by atoms with Crippen molar-refractivity contribution in [3.8, 4) is 11.3 Å². The molecule has 1 aromatic carbocycles. The molecule has 1 N–H and O–H groups in total. The zero-order valence-electron chi connectivity index (χ0n) is 16.6. The molecule has 1 aliphatic heterocycles. The van der Waals surface area contributed by atoms with E-state index in [0.29, 0.717) is 44.2 Å². The summed E-state index contributed by atoms with van der Waals surface area (Å²) in [6.45, 7) is 2.28. The van der Waals surface area contributed by atoms with E-state index in [4.69, 9.17) is 14.5 Å². The Morgan fingerprint density at radius 2 is 1.90 bits per heavy atom. The van der Waals surface area contributed by atoms with E-state index in [0.717, 1.165) is 23.2 Å². The fourth-order valence-electron chi connectivity index (χ4n) is 3.33. The van der Waals surface area contributed by atoms with Crippen LogP contribution in [0.15, 0.2) is 67.0 Å². The highest BCUT2D eigenvalue weighted by Crippen LogP contribution is 2.29. The molecule has 1 saturated heterocycles. The molecule has 2 aromatic heterocycles. The number of aromatic nitrogens is 2. The van der Waals surface area contributed by atoms with Crippen LogP contribution < -0.4 is 10.2 Å². The first-order valence-electron chi connectivity index (χ1n) is 9.98. The van der Waals surface area contributed by atoms with E-state index in [9.17, 15) is 4.79 Å². The molecule has 7 heteroatoms. The van der Waals surface area contributed by atoms with Crippen molar-refractivity contribution in [1.29, 1.82) is 0 Å². The minimum atomic E-state index is -0.198. The molecular weight excluding hydrogens is 380 g/mol. The van der Waals surface area contributed by atoms with Gasteiger partial charge in [-0.25, -0.2) is 4.98 Å². The maximum atomic E-state index is 11.9. The van der Waals surface area contributed by atoms with E-state index in [-0.39, 0.29) is 6.29 Å². The van der Waals surface area contributed by atoms with Crippen LogP contribution in [0.5, 0.6) is 0 Å². The van der Waals surface area contributed by atoms with Crippen molar-refractivity contribution in [3.05, 3.63) is 72.6 Å². The molecule has 3 aromatic rings. The summed E-state index contributed by atoms with van der Waals surface area (Å²) < 4.78 is 11.0. The maximum absolute atomic E-state index is 11.9. The molecule has 154 valence electrons. The van der Waals surface area contributed by atoms with E-state index in [1.807, 2.05) is 54.6 Å². The first-order chi connectivity index (χ1) is 14.8. The molecule has 4 rings (SSSR count). The predicted octanol–water partition coefficient (Wildman–Crippen LogP) is 3.48. The number of anilines is 2. The number of carbonyl (C=O) groups excluding carboxylic acids is 1. The molecule has 0 atom stereocenters. The van der Waals surface area contributed by atoms with Gasteiger partial charge in [-0.3, -0.25) is 9.78 Å². The molecule has 1 aliphatic rings. The SMILES string of the molecule is O=CN(Cc1cccnc1)c1ccc(-c2ccccc2)nc1NCCC1OCCO1. The van der Waals surface area contributed by atoms with Gasteiger partial charge in [-0.1, -0.05) is 36.4 Å². The lowest BCUT2D eigenvalue weighted by molar-refractivity contribution is -0.107. The predicted molar refractivity (Wildman–Crippen MR) is 115 cm³/mol. The highest BCUT2D eigenvalue weighted by molar-refractivity contribution is 5.83. The summed E-state index contributed by atoms with van der Waals surface area (Å²) in [5.74, 6) is 0.644. The van der Waals surface area contributed by atoms with Crippen LogP contribution >= 0.6 is 0 Å². The fourth-order valence-corrected chi connectivity index (χ4v) is 3.33. The minimum absolute atomic E-state index is 0.198. The highest BCUT2D eigenvalue weighted by atomic mass is 16.7. The number of benzene rings is 1. The zero-order chi connectivity index (χ0) is 20.6. The summed E-state index contributed by atoms with van der Waals surface area (Å²) in [5.41, 5.74) is 3.50. The average molecular weight is 404 g/mol. The van der Waals surface area contributed by atoms with Gasteiger partial charge >= 0.3 is 0 Å². The third-order valence-electron chi connectivity index (χ3n) is 4.82. The summed E-state index contributed by atoms with van der Waals surface area (Å²) in [7, 11) is 0. The first kappa shape index (κ1) is 20.0. The van der Waals surface area contributed by atoms with Gasteiger partial charge in [0.1, 0.15) is 0 Å². The average Bonchev–Trinajstić information content (AvgIpc) is 3.32. The van der Waals surface area contributed by atoms with Crippen LogP contribution in [0.3, 0.4) is 0 Å². The Morgan fingerprint density at radius 1 is 1.07 bits per heavy atom. The van der Waals surface area contributed by atoms with Crippen LogP contribution in [0.4, 0.5) is 11.5 Å². The van der Waals surface area contributed by atoms with Crippen LogP contribution in [0.25, 0.3) is 11.3 Å². The Kier molecular flexibility index (Phi) is 6.64. The number of rotatable bonds is 9. The standard InChI is InChI=1S/C23H24N4O3/c28-17-27(16-18-5-4-11-24-15-18)21-9-8-20(19-6-2-1-3-7-19)26-23(21)25-12-10-22-29-13-14-30-22/h1-9,11,15,17,22H,10,12-14,16H2,(H,25,26). The second-order valence-corrected chi connectivity index (χ2v) is 6.91. The largest absolute Gasteiger partial charge is 0.368 e.